The zero-order chi connectivity index (χ0) is 23.5. The first-order chi connectivity index (χ1) is 16.5. The molecule has 0 aromatic heterocycles. The molecule has 2 atom stereocenters. The summed E-state index contributed by atoms with van der Waals surface area (Å²) in [6, 6.07) is 16.8. The van der Waals surface area contributed by atoms with Crippen molar-refractivity contribution in [2.45, 2.75) is 23.8 Å². The number of hydrogen-bond donors (Lipinski definition) is 1. The van der Waals surface area contributed by atoms with Crippen molar-refractivity contribution < 1.29 is 17.9 Å². The maximum absolute atomic E-state index is 13.4. The van der Waals surface area contributed by atoms with Crippen molar-refractivity contribution in [2.24, 2.45) is 10.3 Å². The van der Waals surface area contributed by atoms with E-state index in [2.05, 4.69) is 14.6 Å². The maximum Gasteiger partial charge on any atom is 0.285 e. The van der Waals surface area contributed by atoms with E-state index in [1.807, 2.05) is 41.3 Å². The fourth-order valence-electron chi connectivity index (χ4n) is 4.95. The summed E-state index contributed by atoms with van der Waals surface area (Å²) in [5.41, 5.74) is 1.70. The molecule has 3 heterocycles. The first kappa shape index (κ1) is 23.0. The van der Waals surface area contributed by atoms with E-state index in [1.165, 1.54) is 0 Å². The summed E-state index contributed by atoms with van der Waals surface area (Å²) in [5.74, 6) is 0.227. The smallest absolute Gasteiger partial charge is 0.285 e. The SMILES string of the molecule is O=C(N[C@H](CN1CCOCC1)c1ccccc1)[C@H]1CCCN(C2=NS(=O)(=O)c3ccccc32)C1. The van der Waals surface area contributed by atoms with Gasteiger partial charge in [0, 0.05) is 38.3 Å². The molecule has 0 unspecified atom stereocenters. The molecule has 0 aliphatic carbocycles. The van der Waals surface area contributed by atoms with Gasteiger partial charge in [-0.1, -0.05) is 42.5 Å². The molecule has 0 saturated carbocycles. The van der Waals surface area contributed by atoms with Crippen molar-refractivity contribution in [2.75, 3.05) is 45.9 Å². The minimum atomic E-state index is -3.68. The molecule has 0 bridgehead atoms. The maximum atomic E-state index is 13.4. The summed E-state index contributed by atoms with van der Waals surface area (Å²) in [4.78, 5) is 17.9. The fourth-order valence-corrected chi connectivity index (χ4v) is 6.18. The minimum Gasteiger partial charge on any atom is -0.379 e. The first-order valence-electron chi connectivity index (χ1n) is 11.9. The van der Waals surface area contributed by atoms with Gasteiger partial charge in [-0.05, 0) is 30.5 Å². The second-order valence-corrected chi connectivity index (χ2v) is 10.6. The number of hydrogen-bond acceptors (Lipinski definition) is 6. The van der Waals surface area contributed by atoms with E-state index in [9.17, 15) is 13.2 Å². The van der Waals surface area contributed by atoms with E-state index in [0.29, 0.717) is 37.7 Å². The van der Waals surface area contributed by atoms with Crippen molar-refractivity contribution in [1.29, 1.82) is 0 Å². The van der Waals surface area contributed by atoms with Crippen LogP contribution in [0, 0.1) is 5.92 Å². The van der Waals surface area contributed by atoms with Gasteiger partial charge in [-0.25, -0.2) is 0 Å². The summed E-state index contributed by atoms with van der Waals surface area (Å²) >= 11 is 0. The number of piperidine rings is 1. The largest absolute Gasteiger partial charge is 0.379 e. The van der Waals surface area contributed by atoms with Gasteiger partial charge in [-0.3, -0.25) is 9.69 Å². The molecule has 0 spiro atoms. The van der Waals surface area contributed by atoms with Crippen LogP contribution in [0.1, 0.15) is 30.0 Å². The zero-order valence-electron chi connectivity index (χ0n) is 19.1. The molecule has 180 valence electrons. The van der Waals surface area contributed by atoms with Crippen molar-refractivity contribution in [3.8, 4) is 0 Å². The number of fused-ring (bicyclic) bond motifs is 1. The normalized spacial score (nSPS) is 23.1. The Morgan fingerprint density at radius 1 is 1.06 bits per heavy atom. The second kappa shape index (κ2) is 9.85. The molecular formula is C25H30N4O4S. The summed E-state index contributed by atoms with van der Waals surface area (Å²) in [7, 11) is -3.68. The van der Waals surface area contributed by atoms with Crippen LogP contribution in [0.3, 0.4) is 0 Å². The summed E-state index contributed by atoms with van der Waals surface area (Å²) in [5, 5.41) is 3.29. The molecular weight excluding hydrogens is 452 g/mol. The Labute approximate surface area is 200 Å². The van der Waals surface area contributed by atoms with Crippen LogP contribution >= 0.6 is 0 Å². The Morgan fingerprint density at radius 3 is 2.59 bits per heavy atom. The van der Waals surface area contributed by atoms with E-state index in [-0.39, 0.29) is 22.8 Å². The monoisotopic (exact) mass is 482 g/mol. The van der Waals surface area contributed by atoms with Gasteiger partial charge in [0.1, 0.15) is 4.90 Å². The quantitative estimate of drug-likeness (QED) is 0.701. The lowest BCUT2D eigenvalue weighted by Crippen LogP contribution is -2.48. The van der Waals surface area contributed by atoms with Gasteiger partial charge in [0.2, 0.25) is 5.91 Å². The topological polar surface area (TPSA) is 91.3 Å². The van der Waals surface area contributed by atoms with Crippen molar-refractivity contribution in [3.63, 3.8) is 0 Å². The molecule has 2 fully saturated rings. The Hall–Kier alpha value is -2.75. The third kappa shape index (κ3) is 4.87. The van der Waals surface area contributed by atoms with E-state index >= 15 is 0 Å². The molecule has 3 aliphatic rings. The Kier molecular flexibility index (Phi) is 6.67. The Bertz CT molecular complexity index is 1160. The van der Waals surface area contributed by atoms with Crippen molar-refractivity contribution >= 4 is 21.8 Å². The van der Waals surface area contributed by atoms with Crippen LogP contribution in [-0.4, -0.2) is 75.9 Å². The highest BCUT2D eigenvalue weighted by atomic mass is 32.2. The predicted octanol–water partition coefficient (Wildman–Crippen LogP) is 2.04. The van der Waals surface area contributed by atoms with Crippen LogP contribution in [0.4, 0.5) is 0 Å². The summed E-state index contributed by atoms with van der Waals surface area (Å²) in [6.07, 6.45) is 1.57. The fraction of sp³-hybridized carbons (Fsp3) is 0.440. The lowest BCUT2D eigenvalue weighted by Gasteiger charge is -2.35. The van der Waals surface area contributed by atoms with Gasteiger partial charge in [-0.2, -0.15) is 8.42 Å². The van der Waals surface area contributed by atoms with Gasteiger partial charge in [0.25, 0.3) is 10.0 Å². The van der Waals surface area contributed by atoms with Gasteiger partial charge in [0.15, 0.2) is 5.84 Å². The number of nitrogens with one attached hydrogen (secondary N) is 1. The molecule has 1 N–H and O–H groups in total. The van der Waals surface area contributed by atoms with E-state index in [0.717, 1.165) is 38.0 Å². The third-order valence-electron chi connectivity index (χ3n) is 6.77. The molecule has 8 nitrogen and oxygen atoms in total. The van der Waals surface area contributed by atoms with E-state index < -0.39 is 10.0 Å². The molecule has 2 saturated heterocycles. The summed E-state index contributed by atoms with van der Waals surface area (Å²) in [6.45, 7) is 4.98. The van der Waals surface area contributed by atoms with Gasteiger partial charge in [0.05, 0.1) is 25.2 Å². The van der Waals surface area contributed by atoms with Crippen molar-refractivity contribution in [1.82, 2.24) is 15.1 Å². The number of carbonyl (C=O) groups excluding carboxylic acids is 1. The molecule has 0 radical (unpaired) electrons. The minimum absolute atomic E-state index is 0.00144. The van der Waals surface area contributed by atoms with Crippen LogP contribution < -0.4 is 5.32 Å². The number of benzene rings is 2. The molecule has 1 amide bonds. The number of sulfonamides is 1. The highest BCUT2D eigenvalue weighted by Crippen LogP contribution is 2.30. The van der Waals surface area contributed by atoms with Crippen LogP contribution in [0.5, 0.6) is 0 Å². The van der Waals surface area contributed by atoms with Gasteiger partial charge < -0.3 is 15.0 Å². The van der Waals surface area contributed by atoms with E-state index in [1.54, 1.807) is 18.2 Å². The standard InChI is InChI=1S/C25H30N4O4S/c30-25(26-22(19-7-2-1-3-8-19)18-28-13-15-33-16-14-28)20-9-6-12-29(17-20)24-21-10-4-5-11-23(21)34(31,32)27-24/h1-5,7-8,10-11,20,22H,6,9,12-18H2,(H,26,30)/t20-,22+/m0/s1. The van der Waals surface area contributed by atoms with E-state index in [4.69, 9.17) is 4.74 Å². The molecule has 9 heteroatoms. The van der Waals surface area contributed by atoms with Gasteiger partial charge >= 0.3 is 0 Å². The second-order valence-electron chi connectivity index (χ2n) is 9.06. The number of amides is 1. The summed E-state index contributed by atoms with van der Waals surface area (Å²) < 4.78 is 34.5. The molecule has 34 heavy (non-hydrogen) atoms. The molecule has 3 aliphatic heterocycles. The highest BCUT2D eigenvalue weighted by Gasteiger charge is 2.35. The van der Waals surface area contributed by atoms with Crippen LogP contribution in [0.15, 0.2) is 63.9 Å². The average molecular weight is 483 g/mol. The number of amidine groups is 1. The number of likely N-dealkylation sites (tertiary alicyclic amines) is 1. The molecule has 5 rings (SSSR count). The third-order valence-corrected chi connectivity index (χ3v) is 8.09. The number of ether oxygens (including phenoxy) is 1. The zero-order valence-corrected chi connectivity index (χ0v) is 19.9. The van der Waals surface area contributed by atoms with Gasteiger partial charge in [-0.15, -0.1) is 4.40 Å². The Morgan fingerprint density at radius 2 is 1.79 bits per heavy atom. The van der Waals surface area contributed by atoms with Crippen LogP contribution in [0.25, 0.3) is 0 Å². The predicted molar refractivity (Wildman–Crippen MR) is 129 cm³/mol. The molecule has 2 aromatic carbocycles. The number of carbonyl (C=O) groups is 1. The first-order valence-corrected chi connectivity index (χ1v) is 13.3. The number of rotatable bonds is 5. The lowest BCUT2D eigenvalue weighted by atomic mass is 9.95. The van der Waals surface area contributed by atoms with Crippen LogP contribution in [0.2, 0.25) is 0 Å². The number of morpholine rings is 1. The van der Waals surface area contributed by atoms with Crippen molar-refractivity contribution in [3.05, 3.63) is 65.7 Å². The number of nitrogens with zero attached hydrogens (tertiary/aromatic N) is 3. The highest BCUT2D eigenvalue weighted by molar-refractivity contribution is 7.90. The molecule has 2 aromatic rings. The van der Waals surface area contributed by atoms with Crippen LogP contribution in [-0.2, 0) is 19.6 Å². The Balaban J connectivity index is 1.31. The lowest BCUT2D eigenvalue weighted by molar-refractivity contribution is -0.127. The average Bonchev–Trinajstić information content (AvgIpc) is 3.16.